The molecule has 2 aromatic carbocycles. The number of hydrogen-bond acceptors (Lipinski definition) is 3. The molecule has 0 aromatic heterocycles. The number of sulfone groups is 1. The quantitative estimate of drug-likeness (QED) is 0.845. The molecule has 3 rings (SSSR count). The van der Waals surface area contributed by atoms with Gasteiger partial charge in [0, 0.05) is 5.69 Å². The van der Waals surface area contributed by atoms with Gasteiger partial charge in [-0.25, -0.2) is 8.42 Å². The second-order valence-electron chi connectivity index (χ2n) is 6.75. The zero-order valence-corrected chi connectivity index (χ0v) is 15.4. The molecule has 1 saturated heterocycles. The van der Waals surface area contributed by atoms with Gasteiger partial charge in [0.15, 0.2) is 9.84 Å². The fraction of sp³-hybridized carbons (Fsp3) is 0.350. The molecule has 1 amide bonds. The Kier molecular flexibility index (Phi) is 4.95. The van der Waals surface area contributed by atoms with Gasteiger partial charge in [0.1, 0.15) is 0 Å². The van der Waals surface area contributed by atoms with Crippen molar-refractivity contribution >= 4 is 21.4 Å². The Bertz CT molecular complexity index is 875. The molecule has 1 aliphatic heterocycles. The second kappa shape index (κ2) is 7.00. The zero-order chi connectivity index (χ0) is 18.0. The third-order valence-corrected chi connectivity index (χ3v) is 6.56. The summed E-state index contributed by atoms with van der Waals surface area (Å²) in [5.74, 6) is 0.134. The predicted molar refractivity (Wildman–Crippen MR) is 101 cm³/mol. The van der Waals surface area contributed by atoms with E-state index in [1.54, 1.807) is 4.90 Å². The van der Waals surface area contributed by atoms with Crippen LogP contribution in [0.1, 0.15) is 23.1 Å². The highest BCUT2D eigenvalue weighted by Crippen LogP contribution is 2.27. The number of carbonyl (C=O) groups is 1. The third kappa shape index (κ3) is 4.10. The van der Waals surface area contributed by atoms with Crippen LogP contribution in [0.5, 0.6) is 0 Å². The highest BCUT2D eigenvalue weighted by Gasteiger charge is 2.35. The van der Waals surface area contributed by atoms with Gasteiger partial charge in [-0.3, -0.25) is 4.79 Å². The van der Waals surface area contributed by atoms with Crippen LogP contribution in [0.15, 0.2) is 48.5 Å². The van der Waals surface area contributed by atoms with Crippen molar-refractivity contribution in [2.75, 3.05) is 16.4 Å². The van der Waals surface area contributed by atoms with Crippen LogP contribution in [0.4, 0.5) is 5.69 Å². The summed E-state index contributed by atoms with van der Waals surface area (Å²) in [4.78, 5) is 14.7. The van der Waals surface area contributed by atoms with Crippen LogP contribution in [-0.2, 0) is 21.1 Å². The number of rotatable bonds is 4. The van der Waals surface area contributed by atoms with Gasteiger partial charge in [0.25, 0.3) is 0 Å². The molecule has 1 heterocycles. The van der Waals surface area contributed by atoms with Crippen molar-refractivity contribution in [3.05, 3.63) is 65.2 Å². The van der Waals surface area contributed by atoms with Crippen LogP contribution in [-0.4, -0.2) is 31.9 Å². The Morgan fingerprint density at radius 1 is 1.08 bits per heavy atom. The molecule has 1 atom stereocenters. The average Bonchev–Trinajstić information content (AvgIpc) is 2.91. The molecule has 25 heavy (non-hydrogen) atoms. The molecular formula is C20H23NO3S. The fourth-order valence-electron chi connectivity index (χ4n) is 3.27. The maximum Gasteiger partial charge on any atom is 0.231 e. The summed E-state index contributed by atoms with van der Waals surface area (Å²) in [5.41, 5.74) is 3.96. The minimum atomic E-state index is -3.07. The number of aryl methyl sites for hydroxylation is 2. The van der Waals surface area contributed by atoms with Crippen LogP contribution >= 0.6 is 0 Å². The molecule has 4 nitrogen and oxygen atoms in total. The zero-order valence-electron chi connectivity index (χ0n) is 14.6. The Morgan fingerprint density at radius 2 is 1.80 bits per heavy atom. The van der Waals surface area contributed by atoms with Crippen molar-refractivity contribution < 1.29 is 13.2 Å². The first kappa shape index (κ1) is 17.7. The van der Waals surface area contributed by atoms with Gasteiger partial charge in [0.05, 0.1) is 24.0 Å². The standard InChI is InChI=1S/C20H23NO3S/c1-15-8-9-18(12-16(15)2)21(19-10-11-25(23,24)14-19)20(22)13-17-6-4-3-5-7-17/h3-9,12,19H,10-11,13-14H2,1-2H3. The van der Waals surface area contributed by atoms with Crippen molar-refractivity contribution in [3.8, 4) is 0 Å². The minimum absolute atomic E-state index is 0.0421. The molecule has 0 N–H and O–H groups in total. The molecule has 2 aromatic rings. The molecule has 0 radical (unpaired) electrons. The Hall–Kier alpha value is -2.14. The average molecular weight is 357 g/mol. The van der Waals surface area contributed by atoms with Crippen molar-refractivity contribution in [1.82, 2.24) is 0 Å². The Morgan fingerprint density at radius 3 is 2.40 bits per heavy atom. The van der Waals surface area contributed by atoms with Gasteiger partial charge in [0.2, 0.25) is 5.91 Å². The fourth-order valence-corrected chi connectivity index (χ4v) is 4.97. The normalized spacial score (nSPS) is 18.9. The predicted octanol–water partition coefficient (Wildman–Crippen LogP) is 3.07. The van der Waals surface area contributed by atoms with Gasteiger partial charge < -0.3 is 4.90 Å². The van der Waals surface area contributed by atoms with Gasteiger partial charge in [-0.1, -0.05) is 36.4 Å². The van der Waals surface area contributed by atoms with Crippen LogP contribution in [0.2, 0.25) is 0 Å². The largest absolute Gasteiger partial charge is 0.308 e. The molecule has 1 unspecified atom stereocenters. The van der Waals surface area contributed by atoms with E-state index in [1.807, 2.05) is 62.4 Å². The maximum atomic E-state index is 13.0. The van der Waals surface area contributed by atoms with Crippen LogP contribution in [0.3, 0.4) is 0 Å². The summed E-state index contributed by atoms with van der Waals surface area (Å²) in [6.07, 6.45) is 0.764. The number of carbonyl (C=O) groups excluding carboxylic acids is 1. The van der Waals surface area contributed by atoms with Gasteiger partial charge in [-0.15, -0.1) is 0 Å². The maximum absolute atomic E-state index is 13.0. The van der Waals surface area contributed by atoms with Crippen molar-refractivity contribution in [1.29, 1.82) is 0 Å². The van der Waals surface area contributed by atoms with E-state index in [4.69, 9.17) is 0 Å². The first-order chi connectivity index (χ1) is 11.9. The lowest BCUT2D eigenvalue weighted by atomic mass is 10.1. The molecule has 1 fully saturated rings. The van der Waals surface area contributed by atoms with Crippen LogP contribution in [0, 0.1) is 13.8 Å². The third-order valence-electron chi connectivity index (χ3n) is 4.81. The van der Waals surface area contributed by atoms with E-state index in [9.17, 15) is 13.2 Å². The highest BCUT2D eigenvalue weighted by atomic mass is 32.2. The van der Waals surface area contributed by atoms with E-state index < -0.39 is 9.84 Å². The van der Waals surface area contributed by atoms with Crippen LogP contribution < -0.4 is 4.90 Å². The van der Waals surface area contributed by atoms with Crippen molar-refractivity contribution in [2.45, 2.75) is 32.7 Å². The number of anilines is 1. The summed E-state index contributed by atoms with van der Waals surface area (Å²) >= 11 is 0. The lowest BCUT2D eigenvalue weighted by Gasteiger charge is -2.29. The molecule has 0 spiro atoms. The molecule has 0 bridgehead atoms. The van der Waals surface area contributed by atoms with Gasteiger partial charge >= 0.3 is 0 Å². The van der Waals surface area contributed by atoms with E-state index in [0.717, 1.165) is 22.4 Å². The number of nitrogens with zero attached hydrogens (tertiary/aromatic N) is 1. The number of amides is 1. The summed E-state index contributed by atoms with van der Waals surface area (Å²) < 4.78 is 23.9. The Labute approximate surface area is 149 Å². The van der Waals surface area contributed by atoms with E-state index in [2.05, 4.69) is 0 Å². The summed E-state index contributed by atoms with van der Waals surface area (Å²) in [6.45, 7) is 4.03. The monoisotopic (exact) mass is 357 g/mol. The second-order valence-corrected chi connectivity index (χ2v) is 8.98. The highest BCUT2D eigenvalue weighted by molar-refractivity contribution is 7.91. The summed E-state index contributed by atoms with van der Waals surface area (Å²) in [7, 11) is -3.07. The summed E-state index contributed by atoms with van der Waals surface area (Å²) in [5, 5.41) is 0. The molecule has 0 aliphatic carbocycles. The van der Waals surface area contributed by atoms with E-state index in [-0.39, 0.29) is 29.9 Å². The van der Waals surface area contributed by atoms with Crippen LogP contribution in [0.25, 0.3) is 0 Å². The van der Waals surface area contributed by atoms with Crippen molar-refractivity contribution in [3.63, 3.8) is 0 Å². The summed E-state index contributed by atoms with van der Waals surface area (Å²) in [6, 6.07) is 15.1. The lowest BCUT2D eigenvalue weighted by molar-refractivity contribution is -0.118. The molecule has 0 saturated carbocycles. The topological polar surface area (TPSA) is 54.5 Å². The van der Waals surface area contributed by atoms with E-state index >= 15 is 0 Å². The number of hydrogen-bond donors (Lipinski definition) is 0. The first-order valence-corrected chi connectivity index (χ1v) is 10.3. The number of benzene rings is 2. The molecular weight excluding hydrogens is 334 g/mol. The van der Waals surface area contributed by atoms with Gasteiger partial charge in [-0.2, -0.15) is 0 Å². The van der Waals surface area contributed by atoms with E-state index in [1.165, 1.54) is 0 Å². The van der Waals surface area contributed by atoms with Gasteiger partial charge in [-0.05, 0) is 49.1 Å². The molecule has 5 heteroatoms. The smallest absolute Gasteiger partial charge is 0.231 e. The molecule has 1 aliphatic rings. The lowest BCUT2D eigenvalue weighted by Crippen LogP contribution is -2.42. The first-order valence-electron chi connectivity index (χ1n) is 8.49. The van der Waals surface area contributed by atoms with E-state index in [0.29, 0.717) is 6.42 Å². The van der Waals surface area contributed by atoms with Crippen molar-refractivity contribution in [2.24, 2.45) is 0 Å². The SMILES string of the molecule is Cc1ccc(N(C(=O)Cc2ccccc2)C2CCS(=O)(=O)C2)cc1C. The minimum Gasteiger partial charge on any atom is -0.308 e. The Balaban J connectivity index is 1.93. The molecule has 132 valence electrons.